The van der Waals surface area contributed by atoms with Crippen LogP contribution in [0.15, 0.2) is 6.20 Å². The summed E-state index contributed by atoms with van der Waals surface area (Å²) in [4.78, 5) is 21.8. The standard InChI is InChI=1S/C12H19N7O/c1-3-19(4-2)9(20)5-6-14-10-8-7-15-18-11(8)17-12(13)16-10/h7H,3-6H2,1-2H3,(H4,13,14,15,16,17,18). The van der Waals surface area contributed by atoms with Gasteiger partial charge in [0.15, 0.2) is 5.65 Å². The summed E-state index contributed by atoms with van der Waals surface area (Å²) >= 11 is 0. The average Bonchev–Trinajstić information content (AvgIpc) is 2.88. The Balaban J connectivity index is 1.99. The van der Waals surface area contributed by atoms with Gasteiger partial charge in [-0.05, 0) is 13.8 Å². The molecule has 0 spiro atoms. The molecule has 0 fully saturated rings. The van der Waals surface area contributed by atoms with Crippen molar-refractivity contribution in [1.29, 1.82) is 0 Å². The van der Waals surface area contributed by atoms with Crippen LogP contribution in [-0.2, 0) is 4.79 Å². The predicted molar refractivity (Wildman–Crippen MR) is 77.1 cm³/mol. The van der Waals surface area contributed by atoms with Gasteiger partial charge in [-0.15, -0.1) is 0 Å². The zero-order chi connectivity index (χ0) is 14.5. The third-order valence-corrected chi connectivity index (χ3v) is 3.07. The van der Waals surface area contributed by atoms with Crippen LogP contribution < -0.4 is 11.1 Å². The van der Waals surface area contributed by atoms with Crippen LogP contribution in [0.1, 0.15) is 20.3 Å². The Bertz CT molecular complexity index is 591. The van der Waals surface area contributed by atoms with E-state index in [1.165, 1.54) is 0 Å². The van der Waals surface area contributed by atoms with Gasteiger partial charge in [0.25, 0.3) is 0 Å². The number of rotatable bonds is 6. The second kappa shape index (κ2) is 6.18. The van der Waals surface area contributed by atoms with E-state index in [0.717, 1.165) is 18.5 Å². The van der Waals surface area contributed by atoms with E-state index in [2.05, 4.69) is 25.5 Å². The maximum atomic E-state index is 11.9. The molecule has 0 saturated carbocycles. The molecule has 8 nitrogen and oxygen atoms in total. The summed E-state index contributed by atoms with van der Waals surface area (Å²) in [6, 6.07) is 0. The minimum atomic E-state index is 0.118. The highest BCUT2D eigenvalue weighted by atomic mass is 16.2. The average molecular weight is 277 g/mol. The van der Waals surface area contributed by atoms with E-state index in [9.17, 15) is 4.79 Å². The Kier molecular flexibility index (Phi) is 4.34. The quantitative estimate of drug-likeness (QED) is 0.713. The van der Waals surface area contributed by atoms with Crippen LogP contribution in [0.4, 0.5) is 11.8 Å². The topological polar surface area (TPSA) is 113 Å². The minimum absolute atomic E-state index is 0.118. The molecule has 0 unspecified atom stereocenters. The second-order valence-electron chi connectivity index (χ2n) is 4.31. The molecule has 0 saturated heterocycles. The number of nitrogen functional groups attached to an aromatic ring is 1. The number of nitrogens with one attached hydrogen (secondary N) is 2. The SMILES string of the molecule is CCN(CC)C(=O)CCNc1nc(N)nc2[nH]ncc12. The van der Waals surface area contributed by atoms with Crippen molar-refractivity contribution in [2.45, 2.75) is 20.3 Å². The highest BCUT2D eigenvalue weighted by molar-refractivity contribution is 5.87. The zero-order valence-electron chi connectivity index (χ0n) is 11.7. The monoisotopic (exact) mass is 277 g/mol. The van der Waals surface area contributed by atoms with Crippen LogP contribution >= 0.6 is 0 Å². The molecular weight excluding hydrogens is 258 g/mol. The number of nitrogens with zero attached hydrogens (tertiary/aromatic N) is 4. The van der Waals surface area contributed by atoms with Gasteiger partial charge in [-0.3, -0.25) is 9.89 Å². The number of hydrogen-bond acceptors (Lipinski definition) is 6. The Morgan fingerprint density at radius 3 is 2.85 bits per heavy atom. The number of amides is 1. The number of carbonyl (C=O) groups excluding carboxylic acids is 1. The van der Waals surface area contributed by atoms with Crippen LogP contribution in [0, 0.1) is 0 Å². The molecular formula is C12H19N7O. The molecule has 0 aliphatic rings. The third-order valence-electron chi connectivity index (χ3n) is 3.07. The van der Waals surface area contributed by atoms with Crippen LogP contribution in [-0.4, -0.2) is 50.6 Å². The zero-order valence-corrected chi connectivity index (χ0v) is 11.7. The normalized spacial score (nSPS) is 10.7. The number of aromatic amines is 1. The lowest BCUT2D eigenvalue weighted by Gasteiger charge is -2.18. The van der Waals surface area contributed by atoms with Gasteiger partial charge in [-0.25, -0.2) is 0 Å². The van der Waals surface area contributed by atoms with Gasteiger partial charge in [0.05, 0.1) is 11.6 Å². The first kappa shape index (κ1) is 14.0. The summed E-state index contributed by atoms with van der Waals surface area (Å²) in [6.45, 7) is 5.87. The van der Waals surface area contributed by atoms with Crippen molar-refractivity contribution in [2.75, 3.05) is 30.7 Å². The molecule has 2 heterocycles. The number of carbonyl (C=O) groups is 1. The molecule has 0 aromatic carbocycles. The first-order chi connectivity index (χ1) is 9.65. The van der Waals surface area contributed by atoms with Crippen LogP contribution in [0.3, 0.4) is 0 Å². The Morgan fingerprint density at radius 1 is 1.40 bits per heavy atom. The predicted octanol–water partition coefficient (Wildman–Crippen LogP) is 0.606. The second-order valence-corrected chi connectivity index (χ2v) is 4.31. The third kappa shape index (κ3) is 2.95. The van der Waals surface area contributed by atoms with Crippen LogP contribution in [0.2, 0.25) is 0 Å². The molecule has 1 amide bonds. The number of H-pyrrole nitrogens is 1. The maximum Gasteiger partial charge on any atom is 0.224 e. The molecule has 20 heavy (non-hydrogen) atoms. The summed E-state index contributed by atoms with van der Waals surface area (Å²) in [6.07, 6.45) is 2.04. The van der Waals surface area contributed by atoms with Crippen molar-refractivity contribution in [2.24, 2.45) is 0 Å². The van der Waals surface area contributed by atoms with E-state index < -0.39 is 0 Å². The summed E-state index contributed by atoms with van der Waals surface area (Å²) in [5.74, 6) is 0.876. The van der Waals surface area contributed by atoms with E-state index in [1.807, 2.05) is 13.8 Å². The van der Waals surface area contributed by atoms with E-state index in [1.54, 1.807) is 11.1 Å². The van der Waals surface area contributed by atoms with E-state index >= 15 is 0 Å². The van der Waals surface area contributed by atoms with Crippen LogP contribution in [0.25, 0.3) is 11.0 Å². The molecule has 0 radical (unpaired) electrons. The van der Waals surface area contributed by atoms with Crippen molar-refractivity contribution in [3.05, 3.63) is 6.20 Å². The fraction of sp³-hybridized carbons (Fsp3) is 0.500. The lowest BCUT2D eigenvalue weighted by Crippen LogP contribution is -2.31. The Labute approximate surface area is 116 Å². The summed E-state index contributed by atoms with van der Waals surface area (Å²) in [5, 5.41) is 10.5. The smallest absolute Gasteiger partial charge is 0.224 e. The van der Waals surface area contributed by atoms with Gasteiger partial charge in [0.2, 0.25) is 11.9 Å². The van der Waals surface area contributed by atoms with Crippen molar-refractivity contribution in [1.82, 2.24) is 25.1 Å². The van der Waals surface area contributed by atoms with Gasteiger partial charge in [0, 0.05) is 26.1 Å². The lowest BCUT2D eigenvalue weighted by molar-refractivity contribution is -0.130. The highest BCUT2D eigenvalue weighted by Crippen LogP contribution is 2.18. The molecule has 2 rings (SSSR count). The van der Waals surface area contributed by atoms with Gasteiger partial charge in [0.1, 0.15) is 5.82 Å². The van der Waals surface area contributed by atoms with Crippen molar-refractivity contribution in [3.8, 4) is 0 Å². The molecule has 2 aromatic rings. The summed E-state index contributed by atoms with van der Waals surface area (Å²) in [7, 11) is 0. The van der Waals surface area contributed by atoms with E-state index in [0.29, 0.717) is 24.4 Å². The van der Waals surface area contributed by atoms with Gasteiger partial charge in [-0.1, -0.05) is 0 Å². The molecule has 2 aromatic heterocycles. The molecule has 0 aliphatic carbocycles. The number of nitrogens with two attached hydrogens (primary N) is 1. The molecule has 4 N–H and O–H groups in total. The number of hydrogen-bond donors (Lipinski definition) is 3. The fourth-order valence-electron chi connectivity index (χ4n) is 2.01. The minimum Gasteiger partial charge on any atom is -0.369 e. The molecule has 0 bridgehead atoms. The van der Waals surface area contributed by atoms with Gasteiger partial charge >= 0.3 is 0 Å². The maximum absolute atomic E-state index is 11.9. The highest BCUT2D eigenvalue weighted by Gasteiger charge is 2.11. The molecule has 108 valence electrons. The van der Waals surface area contributed by atoms with E-state index in [4.69, 9.17) is 5.73 Å². The van der Waals surface area contributed by atoms with Crippen molar-refractivity contribution in [3.63, 3.8) is 0 Å². The summed E-state index contributed by atoms with van der Waals surface area (Å²) < 4.78 is 0. The number of fused-ring (bicyclic) bond motifs is 1. The van der Waals surface area contributed by atoms with Crippen molar-refractivity contribution < 1.29 is 4.79 Å². The Hall–Kier alpha value is -2.38. The van der Waals surface area contributed by atoms with Crippen molar-refractivity contribution >= 4 is 28.7 Å². The van der Waals surface area contributed by atoms with Gasteiger partial charge in [-0.2, -0.15) is 15.1 Å². The fourth-order valence-corrected chi connectivity index (χ4v) is 2.01. The van der Waals surface area contributed by atoms with Crippen LogP contribution in [0.5, 0.6) is 0 Å². The first-order valence-electron chi connectivity index (χ1n) is 6.64. The summed E-state index contributed by atoms with van der Waals surface area (Å²) in [5.41, 5.74) is 6.20. The largest absolute Gasteiger partial charge is 0.369 e. The Morgan fingerprint density at radius 2 is 2.15 bits per heavy atom. The molecule has 0 atom stereocenters. The molecule has 0 aliphatic heterocycles. The molecule has 8 heteroatoms. The first-order valence-corrected chi connectivity index (χ1v) is 6.64. The van der Waals surface area contributed by atoms with E-state index in [-0.39, 0.29) is 11.9 Å². The lowest BCUT2D eigenvalue weighted by atomic mass is 10.3. The number of aromatic nitrogens is 4. The van der Waals surface area contributed by atoms with Gasteiger partial charge < -0.3 is 16.0 Å². The number of anilines is 2.